The molecule has 4 nitrogen and oxygen atoms in total. The van der Waals surface area contributed by atoms with E-state index in [2.05, 4.69) is 24.5 Å². The van der Waals surface area contributed by atoms with Crippen LogP contribution in [0.15, 0.2) is 18.2 Å². The maximum atomic E-state index is 5.83. The molecule has 2 aromatic rings. The molecule has 2 N–H and O–H groups in total. The molecular weight excluding hydrogens is 238 g/mol. The van der Waals surface area contributed by atoms with Crippen molar-refractivity contribution in [3.05, 3.63) is 24.0 Å². The summed E-state index contributed by atoms with van der Waals surface area (Å²) in [6, 6.07) is 5.96. The van der Waals surface area contributed by atoms with Crippen molar-refractivity contribution < 1.29 is 4.74 Å². The number of nitrogens with zero attached hydrogens (tertiary/aromatic N) is 2. The van der Waals surface area contributed by atoms with Gasteiger partial charge in [-0.1, -0.05) is 13.8 Å². The predicted octanol–water partition coefficient (Wildman–Crippen LogP) is 3.17. The van der Waals surface area contributed by atoms with E-state index in [1.54, 1.807) is 7.11 Å². The molecule has 0 radical (unpaired) electrons. The first-order valence-corrected chi connectivity index (χ1v) is 6.88. The highest BCUT2D eigenvalue weighted by Gasteiger charge is 2.13. The van der Waals surface area contributed by atoms with Gasteiger partial charge in [0.05, 0.1) is 11.0 Å². The second-order valence-electron chi connectivity index (χ2n) is 5.22. The van der Waals surface area contributed by atoms with E-state index < -0.39 is 0 Å². The molecule has 0 bridgehead atoms. The summed E-state index contributed by atoms with van der Waals surface area (Å²) in [4.78, 5) is 4.72. The van der Waals surface area contributed by atoms with Gasteiger partial charge in [-0.05, 0) is 31.0 Å². The average Bonchev–Trinajstić information content (AvgIpc) is 2.72. The minimum absolute atomic E-state index is 0.413. The molecule has 0 aliphatic carbocycles. The van der Waals surface area contributed by atoms with Crippen molar-refractivity contribution in [2.24, 2.45) is 0 Å². The van der Waals surface area contributed by atoms with E-state index in [4.69, 9.17) is 15.5 Å². The van der Waals surface area contributed by atoms with Crippen molar-refractivity contribution in [2.45, 2.75) is 39.2 Å². The third-order valence-electron chi connectivity index (χ3n) is 3.30. The van der Waals surface area contributed by atoms with E-state index in [-0.39, 0.29) is 0 Å². The molecule has 2 rings (SSSR count). The number of imidazole rings is 1. The Hall–Kier alpha value is -1.55. The number of nitrogen functional groups attached to an aromatic ring is 1. The Morgan fingerprint density at radius 3 is 2.79 bits per heavy atom. The van der Waals surface area contributed by atoms with Gasteiger partial charge in [-0.25, -0.2) is 4.98 Å². The van der Waals surface area contributed by atoms with Gasteiger partial charge in [-0.3, -0.25) is 0 Å². The number of aromatic nitrogens is 2. The smallest absolute Gasteiger partial charge is 0.112 e. The molecule has 1 aromatic carbocycles. The van der Waals surface area contributed by atoms with Crippen LogP contribution in [0.25, 0.3) is 11.0 Å². The van der Waals surface area contributed by atoms with Crippen LogP contribution in [0.3, 0.4) is 0 Å². The number of unbranched alkanes of at least 4 members (excludes halogenated alkanes) is 1. The Morgan fingerprint density at radius 2 is 2.11 bits per heavy atom. The van der Waals surface area contributed by atoms with Crippen molar-refractivity contribution >= 4 is 16.7 Å². The van der Waals surface area contributed by atoms with Gasteiger partial charge in [0.15, 0.2) is 0 Å². The summed E-state index contributed by atoms with van der Waals surface area (Å²) < 4.78 is 7.42. The summed E-state index contributed by atoms with van der Waals surface area (Å²) >= 11 is 0. The first-order valence-electron chi connectivity index (χ1n) is 6.88. The Labute approximate surface area is 114 Å². The molecule has 0 amide bonds. The number of aryl methyl sites for hydroxylation is 1. The number of nitrogens with two attached hydrogens (primary N) is 1. The highest BCUT2D eigenvalue weighted by Crippen LogP contribution is 2.24. The Kier molecular flexibility index (Phi) is 4.43. The van der Waals surface area contributed by atoms with E-state index in [1.807, 2.05) is 12.1 Å². The molecule has 0 saturated carbocycles. The van der Waals surface area contributed by atoms with Crippen LogP contribution < -0.4 is 5.73 Å². The van der Waals surface area contributed by atoms with E-state index in [9.17, 15) is 0 Å². The van der Waals surface area contributed by atoms with Crippen LogP contribution in [0.4, 0.5) is 5.69 Å². The van der Waals surface area contributed by atoms with Crippen LogP contribution in [0.2, 0.25) is 0 Å². The normalized spacial score (nSPS) is 11.6. The van der Waals surface area contributed by atoms with Gasteiger partial charge in [0.2, 0.25) is 0 Å². The number of hydrogen-bond donors (Lipinski definition) is 1. The Balaban J connectivity index is 2.30. The number of fused-ring (bicyclic) bond motifs is 1. The molecule has 0 aliphatic rings. The van der Waals surface area contributed by atoms with E-state index in [1.165, 1.54) is 5.52 Å². The van der Waals surface area contributed by atoms with Gasteiger partial charge >= 0.3 is 0 Å². The summed E-state index contributed by atoms with van der Waals surface area (Å²) in [6.07, 6.45) is 2.17. The predicted molar refractivity (Wildman–Crippen MR) is 79.3 cm³/mol. The maximum absolute atomic E-state index is 5.83. The molecule has 104 valence electrons. The standard InChI is InChI=1S/C15H23N3O/c1-11(2)15-17-13-10-12(16)6-7-14(13)18(15)8-4-5-9-19-3/h6-7,10-11H,4-5,8-9,16H2,1-3H3. The summed E-state index contributed by atoms with van der Waals surface area (Å²) in [5, 5.41) is 0. The molecule has 0 spiro atoms. The fourth-order valence-electron chi connectivity index (χ4n) is 2.36. The number of anilines is 1. The van der Waals surface area contributed by atoms with E-state index >= 15 is 0 Å². The van der Waals surface area contributed by atoms with Crippen LogP contribution in [0, 0.1) is 0 Å². The second kappa shape index (κ2) is 6.06. The van der Waals surface area contributed by atoms with Gasteiger partial charge in [0, 0.05) is 31.9 Å². The van der Waals surface area contributed by atoms with Crippen molar-refractivity contribution in [1.82, 2.24) is 9.55 Å². The molecule has 1 aromatic heterocycles. The minimum atomic E-state index is 0.413. The number of benzene rings is 1. The highest BCUT2D eigenvalue weighted by atomic mass is 16.5. The minimum Gasteiger partial charge on any atom is -0.399 e. The SMILES string of the molecule is COCCCCn1c(C(C)C)nc2cc(N)ccc21. The molecule has 0 fully saturated rings. The van der Waals surface area contributed by atoms with Gasteiger partial charge in [0.1, 0.15) is 5.82 Å². The fourth-order valence-corrected chi connectivity index (χ4v) is 2.36. The molecule has 4 heteroatoms. The van der Waals surface area contributed by atoms with Crippen molar-refractivity contribution in [2.75, 3.05) is 19.5 Å². The van der Waals surface area contributed by atoms with Gasteiger partial charge in [-0.15, -0.1) is 0 Å². The van der Waals surface area contributed by atoms with Gasteiger partial charge in [-0.2, -0.15) is 0 Å². The quantitative estimate of drug-likeness (QED) is 0.642. The van der Waals surface area contributed by atoms with Crippen LogP contribution in [-0.2, 0) is 11.3 Å². The number of ether oxygens (including phenoxy) is 1. The first kappa shape index (κ1) is 13.9. The second-order valence-corrected chi connectivity index (χ2v) is 5.22. The van der Waals surface area contributed by atoms with Crippen molar-refractivity contribution in [3.63, 3.8) is 0 Å². The zero-order valence-electron chi connectivity index (χ0n) is 12.0. The topological polar surface area (TPSA) is 53.1 Å². The number of methoxy groups -OCH3 is 1. The van der Waals surface area contributed by atoms with Crippen molar-refractivity contribution in [1.29, 1.82) is 0 Å². The first-order chi connectivity index (χ1) is 9.13. The summed E-state index contributed by atoms with van der Waals surface area (Å²) in [7, 11) is 1.74. The third kappa shape index (κ3) is 3.07. The summed E-state index contributed by atoms with van der Waals surface area (Å²) in [5.41, 5.74) is 8.78. The monoisotopic (exact) mass is 261 g/mol. The Bertz CT molecular complexity index is 546. The largest absolute Gasteiger partial charge is 0.399 e. The van der Waals surface area contributed by atoms with Crippen molar-refractivity contribution in [3.8, 4) is 0 Å². The van der Waals surface area contributed by atoms with Crippen LogP contribution >= 0.6 is 0 Å². The number of rotatable bonds is 6. The zero-order chi connectivity index (χ0) is 13.8. The van der Waals surface area contributed by atoms with Gasteiger partial charge in [0.25, 0.3) is 0 Å². The van der Waals surface area contributed by atoms with Crippen LogP contribution in [-0.4, -0.2) is 23.3 Å². The third-order valence-corrected chi connectivity index (χ3v) is 3.30. The summed E-state index contributed by atoms with van der Waals surface area (Å²) in [5.74, 6) is 1.55. The van der Waals surface area contributed by atoms with Gasteiger partial charge < -0.3 is 15.0 Å². The Morgan fingerprint density at radius 1 is 1.32 bits per heavy atom. The fraction of sp³-hybridized carbons (Fsp3) is 0.533. The lowest BCUT2D eigenvalue weighted by atomic mass is 10.2. The van der Waals surface area contributed by atoms with E-state index in [0.29, 0.717) is 5.92 Å². The lowest BCUT2D eigenvalue weighted by Crippen LogP contribution is -2.06. The molecule has 1 heterocycles. The molecule has 0 saturated heterocycles. The molecule has 0 unspecified atom stereocenters. The molecular formula is C15H23N3O. The van der Waals surface area contributed by atoms with Crippen LogP contribution in [0.5, 0.6) is 0 Å². The van der Waals surface area contributed by atoms with E-state index in [0.717, 1.165) is 43.0 Å². The summed E-state index contributed by atoms with van der Waals surface area (Å²) in [6.45, 7) is 6.15. The highest BCUT2D eigenvalue weighted by molar-refractivity contribution is 5.79. The lowest BCUT2D eigenvalue weighted by molar-refractivity contribution is 0.191. The molecule has 19 heavy (non-hydrogen) atoms. The zero-order valence-corrected chi connectivity index (χ0v) is 12.0. The lowest BCUT2D eigenvalue weighted by Gasteiger charge is -2.11. The molecule has 0 atom stereocenters. The van der Waals surface area contributed by atoms with Crippen LogP contribution in [0.1, 0.15) is 38.4 Å². The number of hydrogen-bond acceptors (Lipinski definition) is 3. The maximum Gasteiger partial charge on any atom is 0.112 e. The average molecular weight is 261 g/mol. The molecule has 0 aliphatic heterocycles.